The van der Waals surface area contributed by atoms with Gasteiger partial charge in [-0.2, -0.15) is 4.72 Å². The summed E-state index contributed by atoms with van der Waals surface area (Å²) in [6, 6.07) is 0.392. The Kier molecular flexibility index (Phi) is 4.12. The lowest BCUT2D eigenvalue weighted by Gasteiger charge is -2.14. The highest BCUT2D eigenvalue weighted by Gasteiger charge is 2.34. The summed E-state index contributed by atoms with van der Waals surface area (Å²) in [5.74, 6) is -2.50. The van der Waals surface area contributed by atoms with E-state index in [4.69, 9.17) is 0 Å². The molecule has 0 spiro atoms. The molecule has 1 atom stereocenters. The molecule has 1 heterocycles. The molecule has 2 rings (SSSR count). The number of nitrogens with zero attached hydrogens (tertiary/aromatic N) is 1. The van der Waals surface area contributed by atoms with E-state index in [0.29, 0.717) is 19.0 Å². The normalized spacial score (nSPS) is 19.7. The number of rotatable bonds is 3. The minimum atomic E-state index is -4.26. The van der Waals surface area contributed by atoms with Gasteiger partial charge in [-0.05, 0) is 28.4 Å². The van der Waals surface area contributed by atoms with Gasteiger partial charge in [-0.25, -0.2) is 17.2 Å². The van der Waals surface area contributed by atoms with Crippen LogP contribution in [0.1, 0.15) is 6.42 Å². The Bertz CT molecular complexity index is 643. The van der Waals surface area contributed by atoms with E-state index in [1.165, 1.54) is 4.90 Å². The van der Waals surface area contributed by atoms with Gasteiger partial charge in [0.25, 0.3) is 0 Å². The quantitative estimate of drug-likeness (QED) is 0.872. The fraction of sp³-hybridized carbons (Fsp3) is 0.364. The molecular formula is C11H11BrF2N2O3S. The van der Waals surface area contributed by atoms with Crippen LogP contribution in [-0.4, -0.2) is 38.9 Å². The molecule has 5 nitrogen and oxygen atoms in total. The lowest BCUT2D eigenvalue weighted by molar-refractivity contribution is -0.127. The van der Waals surface area contributed by atoms with Gasteiger partial charge in [-0.15, -0.1) is 0 Å². The number of likely N-dealkylation sites (N-methyl/N-ethyl adjacent to an activating group) is 1. The summed E-state index contributed by atoms with van der Waals surface area (Å²) in [7, 11) is -2.72. The van der Waals surface area contributed by atoms with Gasteiger partial charge in [0.15, 0.2) is 0 Å². The predicted molar refractivity (Wildman–Crippen MR) is 70.4 cm³/mol. The molecule has 9 heteroatoms. The second-order valence-electron chi connectivity index (χ2n) is 4.42. The minimum Gasteiger partial charge on any atom is -0.344 e. The maximum absolute atomic E-state index is 13.7. The van der Waals surface area contributed by atoms with Gasteiger partial charge < -0.3 is 4.90 Å². The van der Waals surface area contributed by atoms with Crippen molar-refractivity contribution in [1.82, 2.24) is 9.62 Å². The van der Waals surface area contributed by atoms with Crippen molar-refractivity contribution in [3.8, 4) is 0 Å². The van der Waals surface area contributed by atoms with Crippen LogP contribution < -0.4 is 4.72 Å². The van der Waals surface area contributed by atoms with Gasteiger partial charge in [0.2, 0.25) is 15.9 Å². The number of hydrogen-bond acceptors (Lipinski definition) is 3. The molecule has 1 amide bonds. The zero-order valence-corrected chi connectivity index (χ0v) is 12.8. The van der Waals surface area contributed by atoms with Gasteiger partial charge in [-0.3, -0.25) is 4.79 Å². The summed E-state index contributed by atoms with van der Waals surface area (Å²) < 4.78 is 52.8. The van der Waals surface area contributed by atoms with E-state index in [2.05, 4.69) is 20.7 Å². The van der Waals surface area contributed by atoms with Crippen LogP contribution in [0, 0.1) is 11.6 Å². The number of halogens is 3. The summed E-state index contributed by atoms with van der Waals surface area (Å²) in [6.07, 6.45) is 0.301. The van der Waals surface area contributed by atoms with Crippen molar-refractivity contribution >= 4 is 31.9 Å². The van der Waals surface area contributed by atoms with Crippen molar-refractivity contribution in [1.29, 1.82) is 0 Å². The van der Waals surface area contributed by atoms with E-state index in [-0.39, 0.29) is 10.4 Å². The topological polar surface area (TPSA) is 66.5 Å². The summed E-state index contributed by atoms with van der Waals surface area (Å²) in [5.41, 5.74) is 0. The molecule has 1 unspecified atom stereocenters. The first kappa shape index (κ1) is 15.3. The summed E-state index contributed by atoms with van der Waals surface area (Å²) in [6.45, 7) is 0.416. The van der Waals surface area contributed by atoms with Crippen LogP contribution in [0.25, 0.3) is 0 Å². The molecule has 0 saturated carbocycles. The third-order valence-electron chi connectivity index (χ3n) is 2.96. The SMILES string of the molecule is CN1CCC(NS(=O)(=O)c2c(F)cc(F)cc2Br)C1=O. The average Bonchev–Trinajstić information content (AvgIpc) is 2.58. The van der Waals surface area contributed by atoms with Crippen LogP contribution in [-0.2, 0) is 14.8 Å². The van der Waals surface area contributed by atoms with Crippen molar-refractivity contribution in [2.75, 3.05) is 13.6 Å². The highest BCUT2D eigenvalue weighted by atomic mass is 79.9. The van der Waals surface area contributed by atoms with E-state index in [9.17, 15) is 22.0 Å². The van der Waals surface area contributed by atoms with Crippen LogP contribution in [0.15, 0.2) is 21.5 Å². The third-order valence-corrected chi connectivity index (χ3v) is 5.39. The first-order valence-corrected chi connectivity index (χ1v) is 7.92. The van der Waals surface area contributed by atoms with E-state index in [1.807, 2.05) is 0 Å². The van der Waals surface area contributed by atoms with Crippen LogP contribution in [0.2, 0.25) is 0 Å². The van der Waals surface area contributed by atoms with Crippen LogP contribution in [0.4, 0.5) is 8.78 Å². The van der Waals surface area contributed by atoms with E-state index < -0.39 is 32.6 Å². The van der Waals surface area contributed by atoms with Crippen molar-refractivity contribution < 1.29 is 22.0 Å². The second kappa shape index (κ2) is 5.38. The van der Waals surface area contributed by atoms with Crippen LogP contribution in [0.3, 0.4) is 0 Å². The number of nitrogens with one attached hydrogen (secondary N) is 1. The number of carbonyl (C=O) groups is 1. The van der Waals surface area contributed by atoms with Gasteiger partial charge in [-0.1, -0.05) is 0 Å². The van der Waals surface area contributed by atoms with Crippen molar-refractivity contribution in [3.05, 3.63) is 28.2 Å². The maximum atomic E-state index is 13.7. The summed E-state index contributed by atoms with van der Waals surface area (Å²) in [5, 5.41) is 0. The molecule has 1 aliphatic heterocycles. The van der Waals surface area contributed by atoms with Gasteiger partial charge in [0.1, 0.15) is 22.6 Å². The van der Waals surface area contributed by atoms with Gasteiger partial charge in [0, 0.05) is 24.1 Å². The predicted octanol–water partition coefficient (Wildman–Crippen LogP) is 1.24. The molecule has 110 valence electrons. The zero-order valence-electron chi connectivity index (χ0n) is 10.4. The molecule has 1 aromatic rings. The fourth-order valence-corrected chi connectivity index (χ4v) is 4.35. The number of sulfonamides is 1. The summed E-state index contributed by atoms with van der Waals surface area (Å²) in [4.78, 5) is 12.3. The Morgan fingerprint density at radius 2 is 2.05 bits per heavy atom. The lowest BCUT2D eigenvalue weighted by Crippen LogP contribution is -2.40. The first-order valence-electron chi connectivity index (χ1n) is 5.64. The largest absolute Gasteiger partial charge is 0.344 e. The monoisotopic (exact) mass is 368 g/mol. The Morgan fingerprint density at radius 1 is 1.40 bits per heavy atom. The van der Waals surface area contributed by atoms with Crippen molar-refractivity contribution in [3.63, 3.8) is 0 Å². The number of benzene rings is 1. The Balaban J connectivity index is 2.35. The van der Waals surface area contributed by atoms with Gasteiger partial charge in [0.05, 0.1) is 0 Å². The molecule has 1 aromatic carbocycles. The Labute approximate surface area is 123 Å². The average molecular weight is 369 g/mol. The smallest absolute Gasteiger partial charge is 0.245 e. The van der Waals surface area contributed by atoms with E-state index in [1.54, 1.807) is 7.05 Å². The molecule has 0 aliphatic carbocycles. The van der Waals surface area contributed by atoms with Gasteiger partial charge >= 0.3 is 0 Å². The Hall–Kier alpha value is -1.06. The Morgan fingerprint density at radius 3 is 2.55 bits per heavy atom. The highest BCUT2D eigenvalue weighted by Crippen LogP contribution is 2.27. The molecular weight excluding hydrogens is 358 g/mol. The molecule has 1 aliphatic rings. The first-order chi connectivity index (χ1) is 9.22. The van der Waals surface area contributed by atoms with E-state index in [0.717, 1.165) is 6.07 Å². The van der Waals surface area contributed by atoms with Crippen LogP contribution in [0.5, 0.6) is 0 Å². The second-order valence-corrected chi connectivity index (χ2v) is 6.93. The molecule has 1 saturated heterocycles. The minimum absolute atomic E-state index is 0.235. The fourth-order valence-electron chi connectivity index (χ4n) is 1.96. The highest BCUT2D eigenvalue weighted by molar-refractivity contribution is 9.10. The lowest BCUT2D eigenvalue weighted by atomic mass is 10.3. The summed E-state index contributed by atoms with van der Waals surface area (Å²) >= 11 is 2.82. The van der Waals surface area contributed by atoms with Crippen molar-refractivity contribution in [2.24, 2.45) is 0 Å². The molecule has 0 radical (unpaired) electrons. The van der Waals surface area contributed by atoms with Crippen LogP contribution >= 0.6 is 15.9 Å². The number of amides is 1. The molecule has 1 N–H and O–H groups in total. The van der Waals surface area contributed by atoms with Crippen molar-refractivity contribution in [2.45, 2.75) is 17.4 Å². The molecule has 1 fully saturated rings. The number of carbonyl (C=O) groups excluding carboxylic acids is 1. The molecule has 0 aromatic heterocycles. The number of likely N-dealkylation sites (tertiary alicyclic amines) is 1. The maximum Gasteiger partial charge on any atom is 0.245 e. The molecule has 0 bridgehead atoms. The zero-order chi connectivity index (χ0) is 15.1. The molecule has 20 heavy (non-hydrogen) atoms. The standard InChI is InChI=1S/C11H11BrF2N2O3S/c1-16-3-2-9(11(16)17)15-20(18,19)10-7(12)4-6(13)5-8(10)14/h4-5,9,15H,2-3H2,1H3. The number of hydrogen-bond donors (Lipinski definition) is 1. The van der Waals surface area contributed by atoms with E-state index >= 15 is 0 Å². The third kappa shape index (κ3) is 2.84.